The summed E-state index contributed by atoms with van der Waals surface area (Å²) in [6.45, 7) is 0. The van der Waals surface area contributed by atoms with Gasteiger partial charge in [0.25, 0.3) is 0 Å². The molecule has 2 aromatic rings. The maximum absolute atomic E-state index is 12.9. The number of H-pyrrole nitrogens is 1. The maximum Gasteiger partial charge on any atom is 0.438 e. The Hall–Kier alpha value is -2.62. The Balaban J connectivity index is 2.82. The Morgan fingerprint density at radius 1 is 1.00 bits per heavy atom. The zero-order chi connectivity index (χ0) is 16.7. The zero-order valence-corrected chi connectivity index (χ0v) is 11.1. The van der Waals surface area contributed by atoms with Crippen molar-refractivity contribution >= 4 is 23.0 Å². The molecular weight excluding hydrogens is 331 g/mol. The molecule has 0 atom stereocenters. The minimum absolute atomic E-state index is 0.0327. The van der Waals surface area contributed by atoms with Gasteiger partial charge in [0.2, 0.25) is 5.69 Å². The Morgan fingerprint density at radius 3 is 1.91 bits per heavy atom. The first-order valence-corrected chi connectivity index (χ1v) is 5.88. The van der Waals surface area contributed by atoms with Crippen molar-refractivity contribution in [3.63, 3.8) is 0 Å². The van der Waals surface area contributed by atoms with Gasteiger partial charge in [0.1, 0.15) is 5.69 Å². The van der Waals surface area contributed by atoms with Crippen LogP contribution in [0.25, 0.3) is 11.3 Å². The third kappa shape index (κ3) is 2.72. The van der Waals surface area contributed by atoms with E-state index >= 15 is 0 Å². The molecule has 0 unspecified atom stereocenters. The van der Waals surface area contributed by atoms with E-state index in [1.807, 2.05) is 0 Å². The first kappa shape index (κ1) is 15.8. The van der Waals surface area contributed by atoms with E-state index in [2.05, 4.69) is 0 Å². The first-order chi connectivity index (χ1) is 10.1. The molecule has 0 fully saturated rings. The van der Waals surface area contributed by atoms with Gasteiger partial charge in [-0.2, -0.15) is 13.2 Å². The highest BCUT2D eigenvalue weighted by atomic mass is 35.5. The molecule has 0 radical (unpaired) electrons. The van der Waals surface area contributed by atoms with Gasteiger partial charge in [-0.1, -0.05) is 23.7 Å². The molecule has 1 aromatic carbocycles. The highest BCUT2D eigenvalue weighted by molar-refractivity contribution is 6.30. The SMILES string of the molecule is O=[N+]([O-])c1c(-c2ccc(Cl)cc2)[nH]c(C(F)(F)F)c1[N+](=O)[O-]. The van der Waals surface area contributed by atoms with Gasteiger partial charge in [0.05, 0.1) is 9.85 Å². The number of nitrogens with zero attached hydrogens (tertiary/aromatic N) is 2. The lowest BCUT2D eigenvalue weighted by Gasteiger charge is -2.01. The average molecular weight is 336 g/mol. The van der Waals surface area contributed by atoms with Crippen molar-refractivity contribution in [1.82, 2.24) is 4.98 Å². The van der Waals surface area contributed by atoms with Crippen LogP contribution in [0.4, 0.5) is 24.5 Å². The summed E-state index contributed by atoms with van der Waals surface area (Å²) in [6, 6.07) is 5.01. The molecule has 7 nitrogen and oxygen atoms in total. The third-order valence-corrected chi connectivity index (χ3v) is 2.98. The lowest BCUT2D eigenvalue weighted by Crippen LogP contribution is -2.08. The second-order valence-electron chi connectivity index (χ2n) is 4.09. The fourth-order valence-corrected chi connectivity index (χ4v) is 1.99. The van der Waals surface area contributed by atoms with Crippen molar-refractivity contribution in [1.29, 1.82) is 0 Å². The monoisotopic (exact) mass is 335 g/mol. The van der Waals surface area contributed by atoms with E-state index in [4.69, 9.17) is 11.6 Å². The van der Waals surface area contributed by atoms with E-state index in [0.717, 1.165) is 0 Å². The van der Waals surface area contributed by atoms with Crippen molar-refractivity contribution in [2.45, 2.75) is 6.18 Å². The van der Waals surface area contributed by atoms with Crippen LogP contribution >= 0.6 is 11.6 Å². The Morgan fingerprint density at radius 2 is 1.50 bits per heavy atom. The van der Waals surface area contributed by atoms with Crippen LogP contribution in [-0.2, 0) is 6.18 Å². The largest absolute Gasteiger partial charge is 0.438 e. The highest BCUT2D eigenvalue weighted by Crippen LogP contribution is 2.46. The molecule has 11 heteroatoms. The summed E-state index contributed by atoms with van der Waals surface area (Å²) in [6.07, 6.45) is -5.14. The molecule has 0 aliphatic heterocycles. The highest BCUT2D eigenvalue weighted by Gasteiger charge is 2.48. The van der Waals surface area contributed by atoms with Gasteiger partial charge in [-0.05, 0) is 12.1 Å². The van der Waals surface area contributed by atoms with Crippen LogP contribution in [-0.4, -0.2) is 14.8 Å². The molecule has 0 saturated carbocycles. The second kappa shape index (κ2) is 5.30. The first-order valence-electron chi connectivity index (χ1n) is 5.50. The molecule has 116 valence electrons. The van der Waals surface area contributed by atoms with Crippen molar-refractivity contribution in [2.24, 2.45) is 0 Å². The predicted molar refractivity (Wildman–Crippen MR) is 69.5 cm³/mol. The standard InChI is InChI=1S/C11H5ClF3N3O4/c12-6-3-1-5(2-4-6)7-8(17(19)20)9(18(21)22)10(16-7)11(13,14)15/h1-4,16H. The minimum atomic E-state index is -5.14. The molecule has 0 amide bonds. The molecule has 1 aromatic heterocycles. The summed E-state index contributed by atoms with van der Waals surface area (Å²) < 4.78 is 38.6. The number of hydrogen-bond acceptors (Lipinski definition) is 4. The van der Waals surface area contributed by atoms with Crippen molar-refractivity contribution in [3.05, 3.63) is 55.2 Å². The molecule has 2 rings (SSSR count). The predicted octanol–water partition coefficient (Wildman–Crippen LogP) is 4.17. The topological polar surface area (TPSA) is 102 Å². The number of alkyl halides is 3. The van der Waals surface area contributed by atoms with E-state index in [-0.39, 0.29) is 10.6 Å². The van der Waals surface area contributed by atoms with Crippen LogP contribution in [0.1, 0.15) is 5.69 Å². The smallest absolute Gasteiger partial charge is 0.339 e. The molecule has 0 saturated heterocycles. The summed E-state index contributed by atoms with van der Waals surface area (Å²) in [5.74, 6) is 0. The summed E-state index contributed by atoms with van der Waals surface area (Å²) in [5.41, 5.74) is -5.30. The number of aromatic nitrogens is 1. The molecule has 0 bridgehead atoms. The van der Waals surface area contributed by atoms with Crippen LogP contribution in [0.2, 0.25) is 5.02 Å². The molecule has 1 N–H and O–H groups in total. The van der Waals surface area contributed by atoms with E-state index in [1.165, 1.54) is 24.3 Å². The van der Waals surface area contributed by atoms with E-state index in [0.29, 0.717) is 0 Å². The van der Waals surface area contributed by atoms with Crippen molar-refractivity contribution in [2.75, 3.05) is 0 Å². The molecule has 1 heterocycles. The molecule has 22 heavy (non-hydrogen) atoms. The third-order valence-electron chi connectivity index (χ3n) is 2.73. The van der Waals surface area contributed by atoms with Gasteiger partial charge in [0.15, 0.2) is 0 Å². The number of rotatable bonds is 3. The van der Waals surface area contributed by atoms with Gasteiger partial charge < -0.3 is 4.98 Å². The van der Waals surface area contributed by atoms with Crippen molar-refractivity contribution in [3.8, 4) is 11.3 Å². The lowest BCUT2D eigenvalue weighted by molar-refractivity contribution is -0.423. The van der Waals surface area contributed by atoms with Crippen LogP contribution in [0, 0.1) is 20.2 Å². The quantitative estimate of drug-likeness (QED) is 0.671. The van der Waals surface area contributed by atoms with Gasteiger partial charge in [-0.3, -0.25) is 20.2 Å². The Bertz CT molecular complexity index is 755. The summed E-state index contributed by atoms with van der Waals surface area (Å²) >= 11 is 5.63. The minimum Gasteiger partial charge on any atom is -0.339 e. The fourth-order valence-electron chi connectivity index (χ4n) is 1.87. The molecular formula is C11H5ClF3N3O4. The fraction of sp³-hybridized carbons (Fsp3) is 0.0909. The summed E-state index contributed by atoms with van der Waals surface area (Å²) in [5, 5.41) is 22.1. The normalized spacial score (nSPS) is 11.5. The second-order valence-corrected chi connectivity index (χ2v) is 4.53. The van der Waals surface area contributed by atoms with E-state index < -0.39 is 38.8 Å². The van der Waals surface area contributed by atoms with Gasteiger partial charge in [-0.25, -0.2) is 0 Å². The van der Waals surface area contributed by atoms with Crippen LogP contribution in [0.5, 0.6) is 0 Å². The Kier molecular flexibility index (Phi) is 3.79. The summed E-state index contributed by atoms with van der Waals surface area (Å²) in [4.78, 5) is 20.9. The number of nitrogens with one attached hydrogen (secondary N) is 1. The molecule has 0 spiro atoms. The van der Waals surface area contributed by atoms with Gasteiger partial charge >= 0.3 is 17.6 Å². The van der Waals surface area contributed by atoms with Crippen LogP contribution < -0.4 is 0 Å². The molecule has 0 aliphatic rings. The Labute approximate surface area is 124 Å². The number of nitro groups is 2. The van der Waals surface area contributed by atoms with E-state index in [1.54, 1.807) is 4.98 Å². The van der Waals surface area contributed by atoms with Crippen LogP contribution in [0.3, 0.4) is 0 Å². The van der Waals surface area contributed by atoms with Gasteiger partial charge in [-0.15, -0.1) is 0 Å². The maximum atomic E-state index is 12.9. The number of benzene rings is 1. The number of halogens is 4. The van der Waals surface area contributed by atoms with E-state index in [9.17, 15) is 33.4 Å². The number of aromatic amines is 1. The zero-order valence-electron chi connectivity index (χ0n) is 10.3. The van der Waals surface area contributed by atoms with Crippen molar-refractivity contribution < 1.29 is 23.0 Å². The lowest BCUT2D eigenvalue weighted by atomic mass is 10.1. The van der Waals surface area contributed by atoms with Crippen LogP contribution in [0.15, 0.2) is 24.3 Å². The number of hydrogen-bond donors (Lipinski definition) is 1. The molecule has 0 aliphatic carbocycles. The van der Waals surface area contributed by atoms with Gasteiger partial charge in [0, 0.05) is 10.6 Å². The average Bonchev–Trinajstić information content (AvgIpc) is 2.80. The summed E-state index contributed by atoms with van der Waals surface area (Å²) in [7, 11) is 0.